The average Bonchev–Trinajstić information content (AvgIpc) is 3.33. The van der Waals surface area contributed by atoms with Gasteiger partial charge in [0.15, 0.2) is 0 Å². The molecule has 3 heterocycles. The topological polar surface area (TPSA) is 53.5 Å². The normalized spacial score (nSPS) is 16.5. The lowest BCUT2D eigenvalue weighted by atomic mass is 10.2. The molecular weight excluding hydrogens is 410 g/mol. The molecular formula is C20H23N3O2S3. The summed E-state index contributed by atoms with van der Waals surface area (Å²) in [4.78, 5) is 8.63. The molecule has 0 aliphatic carbocycles. The fraction of sp³-hybridized carbons (Fsp3) is 0.350. The molecule has 0 atom stereocenters. The lowest BCUT2D eigenvalue weighted by molar-refractivity contribution is 0.180. The van der Waals surface area contributed by atoms with E-state index < -0.39 is 10.0 Å². The Morgan fingerprint density at radius 3 is 2.54 bits per heavy atom. The first-order valence-corrected chi connectivity index (χ1v) is 12.4. The van der Waals surface area contributed by atoms with E-state index in [9.17, 15) is 8.42 Å². The Bertz CT molecular complexity index is 1050. The van der Waals surface area contributed by atoms with E-state index in [1.165, 1.54) is 4.88 Å². The summed E-state index contributed by atoms with van der Waals surface area (Å²) in [6, 6.07) is 9.65. The number of rotatable bonds is 5. The summed E-state index contributed by atoms with van der Waals surface area (Å²) in [5.74, 6) is 0. The van der Waals surface area contributed by atoms with Gasteiger partial charge in [-0.2, -0.15) is 4.31 Å². The molecule has 0 bridgehead atoms. The molecule has 148 valence electrons. The quantitative estimate of drug-likeness (QED) is 0.610. The van der Waals surface area contributed by atoms with Crippen LogP contribution in [0.25, 0.3) is 9.88 Å². The fourth-order valence-electron chi connectivity index (χ4n) is 3.48. The number of benzene rings is 1. The molecule has 2 aromatic heterocycles. The number of aromatic nitrogens is 1. The van der Waals surface area contributed by atoms with Crippen LogP contribution in [0.15, 0.2) is 46.0 Å². The Labute approximate surface area is 174 Å². The van der Waals surface area contributed by atoms with Crippen LogP contribution in [0.4, 0.5) is 0 Å². The van der Waals surface area contributed by atoms with E-state index in [2.05, 4.69) is 21.7 Å². The zero-order valence-corrected chi connectivity index (χ0v) is 18.4. The van der Waals surface area contributed by atoms with E-state index in [1.807, 2.05) is 32.0 Å². The summed E-state index contributed by atoms with van der Waals surface area (Å²) < 4.78 is 27.6. The first-order valence-electron chi connectivity index (χ1n) is 9.21. The summed E-state index contributed by atoms with van der Waals surface area (Å²) in [6.45, 7) is 7.06. The maximum absolute atomic E-state index is 13.0. The Kier molecular flexibility index (Phi) is 5.66. The van der Waals surface area contributed by atoms with Crippen molar-refractivity contribution < 1.29 is 8.42 Å². The van der Waals surface area contributed by atoms with Gasteiger partial charge in [-0.15, -0.1) is 22.7 Å². The smallest absolute Gasteiger partial charge is 0.243 e. The van der Waals surface area contributed by atoms with Crippen molar-refractivity contribution in [3.05, 3.63) is 57.9 Å². The Balaban J connectivity index is 1.39. The molecule has 8 heteroatoms. The molecule has 5 nitrogen and oxygen atoms in total. The largest absolute Gasteiger partial charge is 0.295 e. The summed E-state index contributed by atoms with van der Waals surface area (Å²) in [5.41, 5.74) is 2.94. The molecule has 0 spiro atoms. The van der Waals surface area contributed by atoms with E-state index in [4.69, 9.17) is 4.98 Å². The van der Waals surface area contributed by atoms with Gasteiger partial charge in [0.1, 0.15) is 5.01 Å². The van der Waals surface area contributed by atoms with E-state index >= 15 is 0 Å². The fourth-order valence-corrected chi connectivity index (χ4v) is 6.73. The Morgan fingerprint density at radius 2 is 1.86 bits per heavy atom. The molecule has 1 fully saturated rings. The average molecular weight is 434 g/mol. The maximum Gasteiger partial charge on any atom is 0.243 e. The van der Waals surface area contributed by atoms with Gasteiger partial charge in [0.2, 0.25) is 10.0 Å². The van der Waals surface area contributed by atoms with E-state index in [-0.39, 0.29) is 0 Å². The van der Waals surface area contributed by atoms with Gasteiger partial charge >= 0.3 is 0 Å². The molecule has 0 saturated carbocycles. The minimum atomic E-state index is -3.44. The van der Waals surface area contributed by atoms with Crippen LogP contribution in [-0.4, -0.2) is 48.8 Å². The van der Waals surface area contributed by atoms with Crippen LogP contribution in [0.1, 0.15) is 16.8 Å². The SMILES string of the molecule is Cc1ccc(S(=O)(=O)N2CCN(Cc3csc(-c4cccs4)n3)CC2)c(C)c1. The summed E-state index contributed by atoms with van der Waals surface area (Å²) in [6.07, 6.45) is 0. The number of sulfonamides is 1. The summed E-state index contributed by atoms with van der Waals surface area (Å²) >= 11 is 3.37. The molecule has 0 amide bonds. The van der Waals surface area contributed by atoms with Crippen LogP contribution in [-0.2, 0) is 16.6 Å². The van der Waals surface area contributed by atoms with Gasteiger partial charge in [0.05, 0.1) is 15.5 Å². The van der Waals surface area contributed by atoms with E-state index in [0.29, 0.717) is 18.0 Å². The Hall–Kier alpha value is -1.58. The van der Waals surface area contributed by atoms with Crippen molar-refractivity contribution in [2.24, 2.45) is 0 Å². The second-order valence-electron chi connectivity index (χ2n) is 7.07. The minimum absolute atomic E-state index is 0.423. The molecule has 1 aromatic carbocycles. The zero-order chi connectivity index (χ0) is 19.7. The minimum Gasteiger partial charge on any atom is -0.295 e. The molecule has 0 unspecified atom stereocenters. The second-order valence-corrected chi connectivity index (χ2v) is 10.8. The van der Waals surface area contributed by atoms with Crippen molar-refractivity contribution in [1.82, 2.24) is 14.2 Å². The van der Waals surface area contributed by atoms with Gasteiger partial charge in [-0.3, -0.25) is 4.90 Å². The van der Waals surface area contributed by atoms with Gasteiger partial charge in [-0.05, 0) is 36.9 Å². The van der Waals surface area contributed by atoms with E-state index in [1.54, 1.807) is 33.0 Å². The molecule has 1 aliphatic heterocycles. The highest BCUT2D eigenvalue weighted by Gasteiger charge is 2.29. The third-order valence-electron chi connectivity index (χ3n) is 4.95. The first-order chi connectivity index (χ1) is 13.4. The highest BCUT2D eigenvalue weighted by atomic mass is 32.2. The number of hydrogen-bond donors (Lipinski definition) is 0. The zero-order valence-electron chi connectivity index (χ0n) is 16.0. The van der Waals surface area contributed by atoms with Gasteiger partial charge in [0.25, 0.3) is 0 Å². The van der Waals surface area contributed by atoms with Gasteiger partial charge in [-0.25, -0.2) is 13.4 Å². The molecule has 0 N–H and O–H groups in total. The predicted molar refractivity (Wildman–Crippen MR) is 115 cm³/mol. The number of thiazole rings is 1. The van der Waals surface area contributed by atoms with Crippen molar-refractivity contribution in [2.45, 2.75) is 25.3 Å². The number of piperazine rings is 1. The lowest BCUT2D eigenvalue weighted by Gasteiger charge is -2.33. The van der Waals surface area contributed by atoms with Crippen molar-refractivity contribution in [3.63, 3.8) is 0 Å². The number of nitrogens with zero attached hydrogens (tertiary/aromatic N) is 3. The number of thiophene rings is 1. The van der Waals surface area contributed by atoms with Gasteiger partial charge in [0, 0.05) is 38.1 Å². The van der Waals surface area contributed by atoms with Crippen molar-refractivity contribution in [1.29, 1.82) is 0 Å². The third kappa shape index (κ3) is 4.06. The van der Waals surface area contributed by atoms with Crippen LogP contribution in [0, 0.1) is 13.8 Å². The van der Waals surface area contributed by atoms with Crippen molar-refractivity contribution in [2.75, 3.05) is 26.2 Å². The molecule has 28 heavy (non-hydrogen) atoms. The monoisotopic (exact) mass is 433 g/mol. The molecule has 1 saturated heterocycles. The standard InChI is InChI=1S/C20H23N3O2S3/c1-15-5-6-19(16(2)12-15)28(24,25)23-9-7-22(8-10-23)13-17-14-27-20(21-17)18-4-3-11-26-18/h3-6,11-12,14H,7-10,13H2,1-2H3. The molecule has 1 aliphatic rings. The van der Waals surface area contributed by atoms with Gasteiger partial charge in [-0.1, -0.05) is 23.8 Å². The highest BCUT2D eigenvalue weighted by molar-refractivity contribution is 7.89. The highest BCUT2D eigenvalue weighted by Crippen LogP contribution is 2.28. The summed E-state index contributed by atoms with van der Waals surface area (Å²) in [7, 11) is -3.44. The van der Waals surface area contributed by atoms with Crippen LogP contribution in [0.5, 0.6) is 0 Å². The second kappa shape index (κ2) is 8.04. The van der Waals surface area contributed by atoms with E-state index in [0.717, 1.165) is 41.5 Å². The van der Waals surface area contributed by atoms with Crippen LogP contribution < -0.4 is 0 Å². The number of hydrogen-bond acceptors (Lipinski definition) is 6. The molecule has 0 radical (unpaired) electrons. The van der Waals surface area contributed by atoms with Gasteiger partial charge < -0.3 is 0 Å². The van der Waals surface area contributed by atoms with Crippen LogP contribution >= 0.6 is 22.7 Å². The van der Waals surface area contributed by atoms with Crippen LogP contribution in [0.2, 0.25) is 0 Å². The third-order valence-corrected chi connectivity index (χ3v) is 8.94. The molecule has 4 rings (SSSR count). The first kappa shape index (κ1) is 19.7. The Morgan fingerprint density at radius 1 is 1.07 bits per heavy atom. The van der Waals surface area contributed by atoms with Crippen LogP contribution in [0.3, 0.4) is 0 Å². The molecule has 3 aromatic rings. The van der Waals surface area contributed by atoms with Crippen molar-refractivity contribution in [3.8, 4) is 9.88 Å². The lowest BCUT2D eigenvalue weighted by Crippen LogP contribution is -2.48. The summed E-state index contributed by atoms with van der Waals surface area (Å²) in [5, 5.41) is 5.22. The van der Waals surface area contributed by atoms with Crippen molar-refractivity contribution >= 4 is 32.7 Å². The number of aryl methyl sites for hydroxylation is 2. The maximum atomic E-state index is 13.0. The predicted octanol–water partition coefficient (Wildman–Crippen LogP) is 3.99.